The summed E-state index contributed by atoms with van der Waals surface area (Å²) in [6.07, 6.45) is 2.56. The molecule has 29 heavy (non-hydrogen) atoms. The van der Waals surface area contributed by atoms with Crippen LogP contribution in [0.2, 0.25) is 0 Å². The third kappa shape index (κ3) is 4.84. The van der Waals surface area contributed by atoms with Gasteiger partial charge in [0, 0.05) is 42.9 Å². The molecule has 1 aromatic carbocycles. The highest BCUT2D eigenvalue weighted by molar-refractivity contribution is 5.88. The van der Waals surface area contributed by atoms with Crippen molar-refractivity contribution in [1.29, 1.82) is 0 Å². The Morgan fingerprint density at radius 2 is 2.00 bits per heavy atom. The number of benzene rings is 1. The molecule has 3 N–H and O–H groups in total. The van der Waals surface area contributed by atoms with Gasteiger partial charge in [-0.25, -0.2) is 9.78 Å². The Kier molecular flexibility index (Phi) is 6.33. The van der Waals surface area contributed by atoms with Crippen LogP contribution >= 0.6 is 0 Å². The van der Waals surface area contributed by atoms with Gasteiger partial charge < -0.3 is 20.7 Å². The number of anilines is 3. The molecule has 0 aliphatic rings. The molecule has 2 aromatic heterocycles. The van der Waals surface area contributed by atoms with E-state index in [-0.39, 0.29) is 5.65 Å². The highest BCUT2D eigenvalue weighted by atomic mass is 16.5. The Hall–Kier alpha value is -3.55. The lowest BCUT2D eigenvalue weighted by atomic mass is 10.2. The SMILES string of the molecule is C=C(C)NCCN(CCC)c1ccc(Nc2nc(=O)n(O)c3ncccc23)cc1. The van der Waals surface area contributed by atoms with E-state index < -0.39 is 5.69 Å². The van der Waals surface area contributed by atoms with E-state index in [4.69, 9.17) is 0 Å². The first-order chi connectivity index (χ1) is 14.0. The molecule has 0 radical (unpaired) electrons. The van der Waals surface area contributed by atoms with E-state index >= 15 is 0 Å². The van der Waals surface area contributed by atoms with Gasteiger partial charge in [-0.15, -0.1) is 4.73 Å². The fraction of sp³-hybridized carbons (Fsp3) is 0.286. The van der Waals surface area contributed by atoms with Crippen molar-refractivity contribution >= 4 is 28.2 Å². The smallest absolute Gasteiger partial charge is 0.384 e. The minimum absolute atomic E-state index is 0.158. The quantitative estimate of drug-likeness (QED) is 0.480. The number of fused-ring (bicyclic) bond motifs is 1. The van der Waals surface area contributed by atoms with Crippen molar-refractivity contribution in [1.82, 2.24) is 20.0 Å². The van der Waals surface area contributed by atoms with Crippen molar-refractivity contribution in [2.24, 2.45) is 0 Å². The molecule has 8 nitrogen and oxygen atoms in total. The first-order valence-electron chi connectivity index (χ1n) is 9.58. The molecule has 2 heterocycles. The number of hydrogen-bond donors (Lipinski definition) is 3. The lowest BCUT2D eigenvalue weighted by molar-refractivity contribution is 0.182. The van der Waals surface area contributed by atoms with Gasteiger partial charge in [-0.05, 0) is 49.7 Å². The average molecular weight is 394 g/mol. The first-order valence-corrected chi connectivity index (χ1v) is 9.58. The number of nitrogens with one attached hydrogen (secondary N) is 2. The van der Waals surface area contributed by atoms with Gasteiger partial charge in [0.1, 0.15) is 5.82 Å². The third-order valence-electron chi connectivity index (χ3n) is 4.43. The molecule has 0 saturated heterocycles. The number of allylic oxidation sites excluding steroid dienone is 1. The summed E-state index contributed by atoms with van der Waals surface area (Å²) in [5.74, 6) is 0.354. The molecule has 0 saturated carbocycles. The molecule has 0 fully saturated rings. The first kappa shape index (κ1) is 20.2. The van der Waals surface area contributed by atoms with E-state index in [1.807, 2.05) is 31.2 Å². The van der Waals surface area contributed by atoms with Gasteiger partial charge >= 0.3 is 5.69 Å². The van der Waals surface area contributed by atoms with Crippen LogP contribution < -0.4 is 21.2 Å². The lowest BCUT2D eigenvalue weighted by Gasteiger charge is -2.25. The predicted octanol–water partition coefficient (Wildman–Crippen LogP) is 3.11. The maximum atomic E-state index is 11.9. The van der Waals surface area contributed by atoms with E-state index in [1.54, 1.807) is 12.1 Å². The fourth-order valence-corrected chi connectivity index (χ4v) is 3.08. The van der Waals surface area contributed by atoms with Crippen molar-refractivity contribution in [2.45, 2.75) is 20.3 Å². The van der Waals surface area contributed by atoms with Crippen LogP contribution in [0.4, 0.5) is 17.2 Å². The molecule has 0 bridgehead atoms. The van der Waals surface area contributed by atoms with Gasteiger partial charge in [0.15, 0.2) is 5.65 Å². The summed E-state index contributed by atoms with van der Waals surface area (Å²) in [6, 6.07) is 11.4. The summed E-state index contributed by atoms with van der Waals surface area (Å²) in [4.78, 5) is 22.2. The zero-order chi connectivity index (χ0) is 20.8. The van der Waals surface area contributed by atoms with E-state index in [0.717, 1.165) is 43.1 Å². The minimum atomic E-state index is -0.783. The van der Waals surface area contributed by atoms with Crippen molar-refractivity contribution in [3.05, 3.63) is 65.4 Å². The maximum absolute atomic E-state index is 11.9. The lowest BCUT2D eigenvalue weighted by Crippen LogP contribution is -2.32. The number of nitrogens with zero attached hydrogens (tertiary/aromatic N) is 4. The molecule has 152 valence electrons. The van der Waals surface area contributed by atoms with Crippen LogP contribution in [-0.2, 0) is 0 Å². The number of aromatic nitrogens is 3. The van der Waals surface area contributed by atoms with Gasteiger partial charge in [-0.1, -0.05) is 13.5 Å². The van der Waals surface area contributed by atoms with Crippen LogP contribution in [0.1, 0.15) is 20.3 Å². The molecule has 3 aromatic rings. The number of hydrogen-bond acceptors (Lipinski definition) is 7. The summed E-state index contributed by atoms with van der Waals surface area (Å²) in [5, 5.41) is 16.8. The summed E-state index contributed by atoms with van der Waals surface area (Å²) in [7, 11) is 0. The molecule has 3 rings (SSSR count). The number of pyridine rings is 1. The second-order valence-corrected chi connectivity index (χ2v) is 6.80. The highest BCUT2D eigenvalue weighted by Gasteiger charge is 2.11. The van der Waals surface area contributed by atoms with E-state index in [9.17, 15) is 10.0 Å². The molecule has 0 aliphatic heterocycles. The molecule has 0 unspecified atom stereocenters. The zero-order valence-corrected chi connectivity index (χ0v) is 16.7. The molecular formula is C21H26N6O2. The van der Waals surface area contributed by atoms with Crippen LogP contribution in [0.5, 0.6) is 0 Å². The second kappa shape index (κ2) is 9.09. The summed E-state index contributed by atoms with van der Waals surface area (Å²) in [6.45, 7) is 10.6. The highest BCUT2D eigenvalue weighted by Crippen LogP contribution is 2.24. The maximum Gasteiger partial charge on any atom is 0.384 e. The molecule has 0 amide bonds. The van der Waals surface area contributed by atoms with Crippen LogP contribution in [0.15, 0.2) is 59.7 Å². The van der Waals surface area contributed by atoms with Crippen LogP contribution in [0, 0.1) is 0 Å². The van der Waals surface area contributed by atoms with E-state index in [0.29, 0.717) is 15.9 Å². The predicted molar refractivity (Wildman–Crippen MR) is 116 cm³/mol. The molecule has 8 heteroatoms. The monoisotopic (exact) mass is 394 g/mol. The summed E-state index contributed by atoms with van der Waals surface area (Å²) < 4.78 is 0.450. The zero-order valence-electron chi connectivity index (χ0n) is 16.7. The minimum Gasteiger partial charge on any atom is -0.422 e. The average Bonchev–Trinajstić information content (AvgIpc) is 2.71. The van der Waals surface area contributed by atoms with Gasteiger partial charge in [-0.3, -0.25) is 0 Å². The topological polar surface area (TPSA) is 95.3 Å². The van der Waals surface area contributed by atoms with Gasteiger partial charge in [-0.2, -0.15) is 4.98 Å². The van der Waals surface area contributed by atoms with Gasteiger partial charge in [0.05, 0.1) is 5.39 Å². The Morgan fingerprint density at radius 3 is 2.69 bits per heavy atom. The Labute approximate surface area is 169 Å². The molecular weight excluding hydrogens is 368 g/mol. The summed E-state index contributed by atoms with van der Waals surface area (Å²) >= 11 is 0. The Balaban J connectivity index is 1.80. The van der Waals surface area contributed by atoms with Gasteiger partial charge in [0.25, 0.3) is 0 Å². The van der Waals surface area contributed by atoms with E-state index in [1.165, 1.54) is 6.20 Å². The fourth-order valence-electron chi connectivity index (χ4n) is 3.08. The van der Waals surface area contributed by atoms with Crippen molar-refractivity contribution in [2.75, 3.05) is 29.9 Å². The summed E-state index contributed by atoms with van der Waals surface area (Å²) in [5.41, 5.74) is 2.24. The van der Waals surface area contributed by atoms with Crippen LogP contribution in [-0.4, -0.2) is 39.5 Å². The molecule has 0 spiro atoms. The van der Waals surface area contributed by atoms with Crippen molar-refractivity contribution < 1.29 is 5.21 Å². The van der Waals surface area contributed by atoms with Crippen molar-refractivity contribution in [3.63, 3.8) is 0 Å². The third-order valence-corrected chi connectivity index (χ3v) is 4.43. The van der Waals surface area contributed by atoms with Crippen LogP contribution in [0.25, 0.3) is 11.0 Å². The largest absolute Gasteiger partial charge is 0.422 e. The normalized spacial score (nSPS) is 10.7. The van der Waals surface area contributed by atoms with E-state index in [2.05, 4.69) is 39.0 Å². The van der Waals surface area contributed by atoms with Crippen molar-refractivity contribution in [3.8, 4) is 0 Å². The van der Waals surface area contributed by atoms with Crippen LogP contribution in [0.3, 0.4) is 0 Å². The van der Waals surface area contributed by atoms with Gasteiger partial charge in [0.2, 0.25) is 0 Å². The Bertz CT molecular complexity index is 1050. The second-order valence-electron chi connectivity index (χ2n) is 6.80. The Morgan fingerprint density at radius 1 is 1.24 bits per heavy atom. The standard InChI is InChI=1S/C21H26N6O2/c1-4-13-26(14-12-22-15(2)3)17-9-7-16(8-10-17)24-19-18-6-5-11-23-20(18)27(29)21(28)25-19/h5-11,22,29H,2,4,12-14H2,1,3H3,(H,24,25,28). The number of rotatable bonds is 9. The molecule has 0 atom stereocenters. The molecule has 0 aliphatic carbocycles.